The van der Waals surface area contributed by atoms with E-state index in [1.54, 1.807) is 6.20 Å². The van der Waals surface area contributed by atoms with E-state index in [4.69, 9.17) is 23.2 Å². The van der Waals surface area contributed by atoms with E-state index in [1.165, 1.54) is 38.5 Å². The molecule has 0 spiro atoms. The lowest BCUT2D eigenvalue weighted by molar-refractivity contribution is 0.323. The molecule has 1 saturated carbocycles. The molecule has 5 heteroatoms. The van der Waals surface area contributed by atoms with Crippen LogP contribution in [0.3, 0.4) is 0 Å². The molecule has 3 rings (SSSR count). The number of aryl methyl sites for hydroxylation is 1. The second-order valence-corrected chi connectivity index (χ2v) is 7.12. The van der Waals surface area contributed by atoms with Crippen LogP contribution in [0.15, 0.2) is 12.3 Å². The van der Waals surface area contributed by atoms with Gasteiger partial charge in [-0.25, -0.2) is 9.97 Å². The van der Waals surface area contributed by atoms with Crippen LogP contribution in [0.1, 0.15) is 56.7 Å². The predicted molar refractivity (Wildman–Crippen MR) is 88.0 cm³/mol. The summed E-state index contributed by atoms with van der Waals surface area (Å²) in [6.45, 7) is 2.91. The number of nitrogens with zero attached hydrogens (tertiary/aromatic N) is 3. The number of halogens is 2. The molecule has 1 fully saturated rings. The zero-order chi connectivity index (χ0) is 14.8. The Hall–Kier alpha value is -0.800. The Morgan fingerprint density at radius 3 is 2.81 bits per heavy atom. The maximum Gasteiger partial charge on any atom is 0.160 e. The molecule has 2 aromatic heterocycles. The second kappa shape index (κ2) is 6.53. The van der Waals surface area contributed by atoms with Crippen molar-refractivity contribution >= 4 is 34.4 Å². The first kappa shape index (κ1) is 15.1. The number of imidazole rings is 1. The predicted octanol–water partition coefficient (Wildman–Crippen LogP) is 5.35. The van der Waals surface area contributed by atoms with Crippen molar-refractivity contribution in [3.63, 3.8) is 0 Å². The van der Waals surface area contributed by atoms with Gasteiger partial charge in [0.05, 0.1) is 10.4 Å². The Kier molecular flexibility index (Phi) is 4.70. The minimum atomic E-state index is -0.121. The number of aromatic nitrogens is 3. The number of pyridine rings is 1. The Morgan fingerprint density at radius 2 is 2.10 bits per heavy atom. The number of fused-ring (bicyclic) bond motifs is 1. The lowest BCUT2D eigenvalue weighted by Gasteiger charge is -2.22. The van der Waals surface area contributed by atoms with Crippen molar-refractivity contribution in [2.45, 2.75) is 57.4 Å². The third-order valence-electron chi connectivity index (χ3n) is 4.42. The van der Waals surface area contributed by atoms with Crippen molar-refractivity contribution in [1.82, 2.24) is 14.5 Å². The molecule has 1 unspecified atom stereocenters. The average Bonchev–Trinajstić information content (AvgIpc) is 2.84. The molecular formula is C16H21Cl2N3. The van der Waals surface area contributed by atoms with Crippen molar-refractivity contribution in [2.75, 3.05) is 0 Å². The van der Waals surface area contributed by atoms with Crippen LogP contribution in [-0.2, 0) is 6.54 Å². The highest BCUT2D eigenvalue weighted by atomic mass is 35.5. The van der Waals surface area contributed by atoms with Crippen LogP contribution >= 0.6 is 23.2 Å². The standard InChI is InChI=1S/C16H21Cl2N3/c1-11(17)15-20-14-9-13(18)10-19-16(14)21(15)8-7-12-5-3-2-4-6-12/h9-12H,2-8H2,1H3. The van der Waals surface area contributed by atoms with Crippen molar-refractivity contribution in [1.29, 1.82) is 0 Å². The first-order valence-corrected chi connectivity index (χ1v) is 8.62. The molecule has 0 aliphatic heterocycles. The molecule has 3 nitrogen and oxygen atoms in total. The zero-order valence-electron chi connectivity index (χ0n) is 12.4. The van der Waals surface area contributed by atoms with E-state index in [9.17, 15) is 0 Å². The van der Waals surface area contributed by atoms with Gasteiger partial charge in [0.1, 0.15) is 11.3 Å². The summed E-state index contributed by atoms with van der Waals surface area (Å²) in [5.74, 6) is 1.74. The van der Waals surface area contributed by atoms with Crippen LogP contribution in [-0.4, -0.2) is 14.5 Å². The highest BCUT2D eigenvalue weighted by Crippen LogP contribution is 2.29. The number of hydrogen-bond acceptors (Lipinski definition) is 2. The smallest absolute Gasteiger partial charge is 0.160 e. The van der Waals surface area contributed by atoms with Crippen molar-refractivity contribution in [3.8, 4) is 0 Å². The summed E-state index contributed by atoms with van der Waals surface area (Å²) in [6, 6.07) is 1.86. The summed E-state index contributed by atoms with van der Waals surface area (Å²) in [4.78, 5) is 9.08. The molecule has 0 saturated heterocycles. The van der Waals surface area contributed by atoms with Gasteiger partial charge in [0.25, 0.3) is 0 Å². The van der Waals surface area contributed by atoms with Crippen molar-refractivity contribution < 1.29 is 0 Å². The molecule has 1 atom stereocenters. The minimum Gasteiger partial charge on any atom is -0.311 e. The van der Waals surface area contributed by atoms with E-state index >= 15 is 0 Å². The molecule has 0 radical (unpaired) electrons. The summed E-state index contributed by atoms with van der Waals surface area (Å²) in [5, 5.41) is 0.498. The summed E-state index contributed by atoms with van der Waals surface area (Å²) in [6.07, 6.45) is 9.74. The molecule has 0 N–H and O–H groups in total. The van der Waals surface area contributed by atoms with Gasteiger partial charge in [-0.3, -0.25) is 0 Å². The van der Waals surface area contributed by atoms with Gasteiger partial charge in [-0.2, -0.15) is 0 Å². The highest BCUT2D eigenvalue weighted by molar-refractivity contribution is 6.31. The van der Waals surface area contributed by atoms with Crippen molar-refractivity contribution in [3.05, 3.63) is 23.1 Å². The van der Waals surface area contributed by atoms with E-state index in [2.05, 4.69) is 14.5 Å². The molecule has 1 aliphatic rings. The fraction of sp³-hybridized carbons (Fsp3) is 0.625. The number of alkyl halides is 1. The normalized spacial score (nSPS) is 18.2. The number of rotatable bonds is 4. The van der Waals surface area contributed by atoms with E-state index in [-0.39, 0.29) is 5.38 Å². The first-order chi connectivity index (χ1) is 10.1. The summed E-state index contributed by atoms with van der Waals surface area (Å²) >= 11 is 12.3. The zero-order valence-corrected chi connectivity index (χ0v) is 13.9. The maximum absolute atomic E-state index is 6.30. The Bertz CT molecular complexity index is 615. The maximum atomic E-state index is 6.30. The number of hydrogen-bond donors (Lipinski definition) is 0. The molecule has 0 amide bonds. The molecule has 2 heterocycles. The van der Waals surface area contributed by atoms with Crippen LogP contribution in [0, 0.1) is 5.92 Å². The molecule has 0 aromatic carbocycles. The summed E-state index contributed by atoms with van der Waals surface area (Å²) < 4.78 is 2.18. The second-order valence-electron chi connectivity index (χ2n) is 6.03. The van der Waals surface area contributed by atoms with Crippen LogP contribution < -0.4 is 0 Å². The van der Waals surface area contributed by atoms with Crippen LogP contribution in [0.2, 0.25) is 5.02 Å². The molecule has 1 aliphatic carbocycles. The fourth-order valence-electron chi connectivity index (χ4n) is 3.32. The lowest BCUT2D eigenvalue weighted by atomic mass is 9.87. The Labute approximate surface area is 135 Å². The van der Waals surface area contributed by atoms with Gasteiger partial charge in [0.2, 0.25) is 0 Å². The SMILES string of the molecule is CC(Cl)c1nc2cc(Cl)cnc2n1CCC1CCCCC1. The van der Waals surface area contributed by atoms with E-state index in [0.29, 0.717) is 5.02 Å². The van der Waals surface area contributed by atoms with Gasteiger partial charge in [-0.15, -0.1) is 11.6 Å². The summed E-state index contributed by atoms with van der Waals surface area (Å²) in [7, 11) is 0. The van der Waals surface area contributed by atoms with Gasteiger partial charge in [0, 0.05) is 12.7 Å². The van der Waals surface area contributed by atoms with Crippen LogP contribution in [0.25, 0.3) is 11.2 Å². The Morgan fingerprint density at radius 1 is 1.33 bits per heavy atom. The first-order valence-electron chi connectivity index (χ1n) is 7.81. The average molecular weight is 326 g/mol. The molecule has 21 heavy (non-hydrogen) atoms. The van der Waals surface area contributed by atoms with Gasteiger partial charge in [-0.05, 0) is 25.3 Å². The molecule has 114 valence electrons. The quantitative estimate of drug-likeness (QED) is 0.709. The molecule has 0 bridgehead atoms. The van der Waals surface area contributed by atoms with E-state index < -0.39 is 0 Å². The molecular weight excluding hydrogens is 305 g/mol. The van der Waals surface area contributed by atoms with Crippen LogP contribution in [0.5, 0.6) is 0 Å². The fourth-order valence-corrected chi connectivity index (χ4v) is 3.63. The van der Waals surface area contributed by atoms with Gasteiger partial charge >= 0.3 is 0 Å². The lowest BCUT2D eigenvalue weighted by Crippen LogP contribution is -2.12. The van der Waals surface area contributed by atoms with E-state index in [0.717, 1.165) is 29.5 Å². The molecule has 2 aromatic rings. The van der Waals surface area contributed by atoms with Gasteiger partial charge in [0.15, 0.2) is 5.65 Å². The highest BCUT2D eigenvalue weighted by Gasteiger charge is 2.19. The van der Waals surface area contributed by atoms with Gasteiger partial charge in [-0.1, -0.05) is 43.7 Å². The topological polar surface area (TPSA) is 30.7 Å². The van der Waals surface area contributed by atoms with E-state index in [1.807, 2.05) is 13.0 Å². The summed E-state index contributed by atoms with van der Waals surface area (Å²) in [5.41, 5.74) is 1.74. The monoisotopic (exact) mass is 325 g/mol. The largest absolute Gasteiger partial charge is 0.311 e. The van der Waals surface area contributed by atoms with Gasteiger partial charge < -0.3 is 4.57 Å². The van der Waals surface area contributed by atoms with Crippen molar-refractivity contribution in [2.24, 2.45) is 5.92 Å². The third-order valence-corrected chi connectivity index (χ3v) is 4.82. The Balaban J connectivity index is 1.86. The minimum absolute atomic E-state index is 0.121. The third kappa shape index (κ3) is 3.35. The van der Waals surface area contributed by atoms with Crippen LogP contribution in [0.4, 0.5) is 0 Å².